The molecule has 0 spiro atoms. The predicted molar refractivity (Wildman–Crippen MR) is 81.1 cm³/mol. The minimum Gasteiger partial charge on any atom is -0.316 e. The van der Waals surface area contributed by atoms with Crippen molar-refractivity contribution in [3.05, 3.63) is 59.8 Å². The van der Waals surface area contributed by atoms with E-state index in [1.165, 1.54) is 22.9 Å². The van der Waals surface area contributed by atoms with Crippen molar-refractivity contribution in [1.29, 1.82) is 0 Å². The number of fused-ring (bicyclic) bond motifs is 1. The standard InChI is InChI=1S/C16H12FN5O/c1-10-14(21-23-20-10)16-19-13-6-2-5-12(17)15(13)22(16)9-11-4-3-7-18-8-11/h2-8H,9H2,1H3/i9D2. The van der Waals surface area contributed by atoms with Crippen LogP contribution in [0.3, 0.4) is 0 Å². The average molecular weight is 311 g/mol. The number of hydrogen-bond acceptors (Lipinski definition) is 5. The van der Waals surface area contributed by atoms with Gasteiger partial charge in [0.15, 0.2) is 11.5 Å². The highest BCUT2D eigenvalue weighted by Crippen LogP contribution is 2.27. The third kappa shape index (κ3) is 2.26. The van der Waals surface area contributed by atoms with Gasteiger partial charge in [0.2, 0.25) is 0 Å². The van der Waals surface area contributed by atoms with Gasteiger partial charge in [0.25, 0.3) is 0 Å². The Bertz CT molecular complexity index is 1060. The fourth-order valence-corrected chi connectivity index (χ4v) is 2.35. The number of imidazole rings is 1. The molecule has 23 heavy (non-hydrogen) atoms. The first-order chi connectivity index (χ1) is 12.0. The minimum absolute atomic E-state index is 0.0359. The van der Waals surface area contributed by atoms with Crippen molar-refractivity contribution in [3.63, 3.8) is 0 Å². The van der Waals surface area contributed by atoms with Gasteiger partial charge in [-0.1, -0.05) is 17.3 Å². The Morgan fingerprint density at radius 2 is 2.17 bits per heavy atom. The van der Waals surface area contributed by atoms with Gasteiger partial charge < -0.3 is 4.57 Å². The van der Waals surface area contributed by atoms with Gasteiger partial charge in [-0.2, -0.15) is 0 Å². The van der Waals surface area contributed by atoms with Gasteiger partial charge in [0, 0.05) is 12.4 Å². The van der Waals surface area contributed by atoms with E-state index in [2.05, 4.69) is 20.3 Å². The monoisotopic (exact) mass is 311 g/mol. The summed E-state index contributed by atoms with van der Waals surface area (Å²) in [6.07, 6.45) is 2.93. The molecular formula is C16H12FN5O. The van der Waals surface area contributed by atoms with Crippen molar-refractivity contribution in [2.45, 2.75) is 13.4 Å². The number of pyridine rings is 1. The first kappa shape index (κ1) is 11.5. The zero-order valence-electron chi connectivity index (χ0n) is 14.1. The molecule has 0 aliphatic heterocycles. The second-order valence-electron chi connectivity index (χ2n) is 4.93. The van der Waals surface area contributed by atoms with Crippen LogP contribution in [0.25, 0.3) is 22.6 Å². The second-order valence-corrected chi connectivity index (χ2v) is 4.93. The lowest BCUT2D eigenvalue weighted by Gasteiger charge is -2.08. The number of aryl methyl sites for hydroxylation is 1. The highest BCUT2D eigenvalue weighted by Gasteiger charge is 2.20. The summed E-state index contributed by atoms with van der Waals surface area (Å²) in [5.41, 5.74) is 1.29. The lowest BCUT2D eigenvalue weighted by Crippen LogP contribution is -2.04. The van der Waals surface area contributed by atoms with Crippen LogP contribution in [-0.2, 0) is 6.50 Å². The minimum atomic E-state index is -2.12. The molecule has 0 amide bonds. The highest BCUT2D eigenvalue weighted by atomic mass is 19.1. The van der Waals surface area contributed by atoms with Gasteiger partial charge in [-0.05, 0) is 35.8 Å². The molecular weight excluding hydrogens is 297 g/mol. The summed E-state index contributed by atoms with van der Waals surface area (Å²) < 4.78 is 37.7. The molecule has 0 radical (unpaired) electrons. The molecule has 0 N–H and O–H groups in total. The average Bonchev–Trinajstić information content (AvgIpc) is 3.20. The van der Waals surface area contributed by atoms with Crippen molar-refractivity contribution in [2.75, 3.05) is 0 Å². The molecule has 1 aromatic carbocycles. The maximum atomic E-state index is 14.5. The van der Waals surface area contributed by atoms with Crippen molar-refractivity contribution in [1.82, 2.24) is 24.8 Å². The Labute approximate surface area is 133 Å². The number of nitrogens with zero attached hydrogens (tertiary/aromatic N) is 5. The third-order valence-corrected chi connectivity index (χ3v) is 3.39. The van der Waals surface area contributed by atoms with Crippen molar-refractivity contribution < 1.29 is 11.8 Å². The molecule has 3 heterocycles. The fourth-order valence-electron chi connectivity index (χ4n) is 2.35. The second kappa shape index (κ2) is 5.28. The molecule has 0 atom stereocenters. The van der Waals surface area contributed by atoms with E-state index >= 15 is 0 Å². The lowest BCUT2D eigenvalue weighted by atomic mass is 10.2. The number of benzene rings is 1. The topological polar surface area (TPSA) is 69.6 Å². The fraction of sp³-hybridized carbons (Fsp3) is 0.125. The van der Waals surface area contributed by atoms with Crippen molar-refractivity contribution in [2.24, 2.45) is 0 Å². The van der Waals surface area contributed by atoms with Crippen LogP contribution in [0.15, 0.2) is 47.4 Å². The van der Waals surface area contributed by atoms with Crippen molar-refractivity contribution in [3.8, 4) is 11.5 Å². The molecule has 4 aromatic rings. The van der Waals surface area contributed by atoms with Gasteiger partial charge in [-0.3, -0.25) is 4.98 Å². The summed E-state index contributed by atoms with van der Waals surface area (Å²) in [6.45, 7) is -0.461. The largest absolute Gasteiger partial charge is 0.316 e. The smallest absolute Gasteiger partial charge is 0.173 e. The first-order valence-corrected chi connectivity index (χ1v) is 6.87. The maximum Gasteiger partial charge on any atom is 0.173 e. The molecule has 3 aromatic heterocycles. The molecule has 7 heteroatoms. The quantitative estimate of drug-likeness (QED) is 0.582. The van der Waals surface area contributed by atoms with Gasteiger partial charge >= 0.3 is 0 Å². The Morgan fingerprint density at radius 3 is 2.91 bits per heavy atom. The first-order valence-electron chi connectivity index (χ1n) is 7.87. The number of para-hydroxylation sites is 1. The third-order valence-electron chi connectivity index (χ3n) is 3.39. The lowest BCUT2D eigenvalue weighted by molar-refractivity contribution is 0.305. The summed E-state index contributed by atoms with van der Waals surface area (Å²) in [5.74, 6) is -0.453. The van der Waals surface area contributed by atoms with Crippen molar-refractivity contribution >= 4 is 11.0 Å². The van der Waals surface area contributed by atoms with Gasteiger partial charge in [-0.15, -0.1) is 0 Å². The van der Waals surface area contributed by atoms with Gasteiger partial charge in [-0.25, -0.2) is 14.0 Å². The SMILES string of the molecule is [2H]C([2H])(c1cccnc1)n1c(-c2nonc2C)nc2cccc(F)c21. The van der Waals surface area contributed by atoms with Gasteiger partial charge in [0.05, 0.1) is 14.8 Å². The molecule has 6 nitrogen and oxygen atoms in total. The Morgan fingerprint density at radius 1 is 1.26 bits per heavy atom. The Kier molecular flexibility index (Phi) is 2.63. The molecule has 4 rings (SSSR count). The molecule has 114 valence electrons. The van der Waals surface area contributed by atoms with Crippen LogP contribution in [0.4, 0.5) is 4.39 Å². The molecule has 0 bridgehead atoms. The summed E-state index contributed by atoms with van der Waals surface area (Å²) >= 11 is 0. The van der Waals surface area contributed by atoms with E-state index in [1.54, 1.807) is 31.3 Å². The Balaban J connectivity index is 2.10. The summed E-state index contributed by atoms with van der Waals surface area (Å²) in [4.78, 5) is 8.33. The van der Waals surface area contributed by atoms with Crippen LogP contribution in [0, 0.1) is 12.7 Å². The number of halogens is 1. The van der Waals surface area contributed by atoms with E-state index in [4.69, 9.17) is 7.37 Å². The normalized spacial score (nSPS) is 13.1. The number of aromatic nitrogens is 5. The zero-order valence-corrected chi connectivity index (χ0v) is 12.1. The zero-order chi connectivity index (χ0) is 17.6. The van der Waals surface area contributed by atoms with E-state index in [1.807, 2.05) is 0 Å². The van der Waals surface area contributed by atoms with Crippen LogP contribution >= 0.6 is 0 Å². The maximum absolute atomic E-state index is 14.5. The van der Waals surface area contributed by atoms with E-state index in [0.29, 0.717) is 11.2 Å². The van der Waals surface area contributed by atoms with Crippen LogP contribution in [0.2, 0.25) is 0 Å². The van der Waals surface area contributed by atoms with Crippen LogP contribution in [0.5, 0.6) is 0 Å². The van der Waals surface area contributed by atoms with E-state index in [-0.39, 0.29) is 22.6 Å². The number of rotatable bonds is 3. The molecule has 0 fully saturated rings. The molecule has 0 unspecified atom stereocenters. The van der Waals surface area contributed by atoms with E-state index in [9.17, 15) is 4.39 Å². The van der Waals surface area contributed by atoms with Gasteiger partial charge in [0.1, 0.15) is 17.0 Å². The predicted octanol–water partition coefficient (Wildman–Crippen LogP) is 2.98. The summed E-state index contributed by atoms with van der Waals surface area (Å²) in [6, 6.07) is 7.59. The molecule has 0 saturated carbocycles. The Hall–Kier alpha value is -3.09. The highest BCUT2D eigenvalue weighted by molar-refractivity contribution is 5.81. The van der Waals surface area contributed by atoms with E-state index in [0.717, 1.165) is 0 Å². The van der Waals surface area contributed by atoms with Crippen LogP contribution < -0.4 is 0 Å². The molecule has 0 aliphatic carbocycles. The van der Waals surface area contributed by atoms with Crippen LogP contribution in [-0.4, -0.2) is 24.8 Å². The molecule has 0 saturated heterocycles. The molecule has 0 aliphatic rings. The van der Waals surface area contributed by atoms with Crippen LogP contribution in [0.1, 0.15) is 14.0 Å². The summed E-state index contributed by atoms with van der Waals surface area (Å²) in [7, 11) is 0. The van der Waals surface area contributed by atoms with E-state index < -0.39 is 12.3 Å². The summed E-state index contributed by atoms with van der Waals surface area (Å²) in [5, 5.41) is 7.52. The number of hydrogen-bond donors (Lipinski definition) is 0.